The first-order valence-corrected chi connectivity index (χ1v) is 8.21. The molecule has 0 aliphatic carbocycles. The van der Waals surface area contributed by atoms with E-state index in [9.17, 15) is 9.50 Å². The molecular weight excluding hydrogens is 321 g/mol. The zero-order chi connectivity index (χ0) is 14.5. The predicted octanol–water partition coefficient (Wildman–Crippen LogP) is 4.10. The Morgan fingerprint density at radius 3 is 2.85 bits per heavy atom. The van der Waals surface area contributed by atoms with Crippen LogP contribution in [0.1, 0.15) is 44.6 Å². The quantitative estimate of drug-likeness (QED) is 0.889. The molecule has 1 N–H and O–H groups in total. The molecule has 0 radical (unpaired) electrons. The molecule has 1 aliphatic heterocycles. The minimum atomic E-state index is -0.278. The predicted molar refractivity (Wildman–Crippen MR) is 83.1 cm³/mol. The summed E-state index contributed by atoms with van der Waals surface area (Å²) in [4.78, 5) is 2.40. The van der Waals surface area contributed by atoms with Crippen molar-refractivity contribution in [3.8, 4) is 0 Å². The summed E-state index contributed by atoms with van der Waals surface area (Å²) in [6, 6.07) is 5.47. The molecule has 20 heavy (non-hydrogen) atoms. The van der Waals surface area contributed by atoms with Gasteiger partial charge in [0.2, 0.25) is 0 Å². The van der Waals surface area contributed by atoms with Gasteiger partial charge in [0.15, 0.2) is 0 Å². The maximum absolute atomic E-state index is 13.5. The molecule has 1 aromatic rings. The van der Waals surface area contributed by atoms with Gasteiger partial charge in [-0.3, -0.25) is 4.90 Å². The van der Waals surface area contributed by atoms with Crippen molar-refractivity contribution in [1.29, 1.82) is 0 Å². The highest BCUT2D eigenvalue weighted by molar-refractivity contribution is 9.10. The molecule has 4 heteroatoms. The molecule has 0 amide bonds. The molecule has 0 bridgehead atoms. The summed E-state index contributed by atoms with van der Waals surface area (Å²) in [6.45, 7) is 3.64. The van der Waals surface area contributed by atoms with Crippen molar-refractivity contribution < 1.29 is 9.50 Å². The third-order valence-electron chi connectivity index (χ3n) is 3.92. The topological polar surface area (TPSA) is 23.5 Å². The van der Waals surface area contributed by atoms with Crippen molar-refractivity contribution in [3.05, 3.63) is 34.1 Å². The Bertz CT molecular complexity index is 418. The van der Waals surface area contributed by atoms with Crippen LogP contribution in [0.4, 0.5) is 4.39 Å². The SMILES string of the molecule is CC(O)CC1CCCCCN1Cc1cc(F)cc(Br)c1. The number of hydrogen-bond acceptors (Lipinski definition) is 2. The van der Waals surface area contributed by atoms with Gasteiger partial charge in [0.05, 0.1) is 6.10 Å². The fourth-order valence-electron chi connectivity index (χ4n) is 3.04. The van der Waals surface area contributed by atoms with Gasteiger partial charge in [-0.15, -0.1) is 0 Å². The van der Waals surface area contributed by atoms with Crippen LogP contribution in [0.15, 0.2) is 22.7 Å². The van der Waals surface area contributed by atoms with Gasteiger partial charge >= 0.3 is 0 Å². The van der Waals surface area contributed by atoms with Crippen LogP contribution in [0, 0.1) is 5.82 Å². The van der Waals surface area contributed by atoms with E-state index in [1.54, 1.807) is 6.07 Å². The van der Waals surface area contributed by atoms with Crippen molar-refractivity contribution in [3.63, 3.8) is 0 Å². The molecular formula is C16H23BrFNO. The standard InChI is InChI=1S/C16H23BrFNO/c1-12(20)7-16-5-3-2-4-6-19(16)11-13-8-14(17)10-15(18)9-13/h8-10,12,16,20H,2-7,11H2,1H3. The summed E-state index contributed by atoms with van der Waals surface area (Å²) in [5, 5.41) is 9.67. The highest BCUT2D eigenvalue weighted by Gasteiger charge is 2.22. The van der Waals surface area contributed by atoms with E-state index >= 15 is 0 Å². The number of aliphatic hydroxyl groups excluding tert-OH is 1. The van der Waals surface area contributed by atoms with Crippen LogP contribution in [-0.2, 0) is 6.54 Å². The molecule has 1 saturated heterocycles. The molecule has 2 rings (SSSR count). The summed E-state index contributed by atoms with van der Waals surface area (Å²) < 4.78 is 14.3. The second kappa shape index (κ2) is 7.53. The monoisotopic (exact) mass is 343 g/mol. The molecule has 1 fully saturated rings. The molecule has 2 unspecified atom stereocenters. The summed E-state index contributed by atoms with van der Waals surface area (Å²) >= 11 is 3.35. The van der Waals surface area contributed by atoms with Crippen LogP contribution in [0.25, 0.3) is 0 Å². The maximum atomic E-state index is 13.5. The molecule has 2 atom stereocenters. The first kappa shape index (κ1) is 15.9. The van der Waals surface area contributed by atoms with Crippen LogP contribution < -0.4 is 0 Å². The van der Waals surface area contributed by atoms with E-state index < -0.39 is 0 Å². The first-order valence-electron chi connectivity index (χ1n) is 7.41. The summed E-state index contributed by atoms with van der Waals surface area (Å²) in [6.07, 6.45) is 5.31. The average Bonchev–Trinajstić information content (AvgIpc) is 2.53. The second-order valence-corrected chi connectivity index (χ2v) is 6.75. The van der Waals surface area contributed by atoms with Gasteiger partial charge in [0.1, 0.15) is 5.82 Å². The van der Waals surface area contributed by atoms with Crippen LogP contribution in [0.3, 0.4) is 0 Å². The van der Waals surface area contributed by atoms with E-state index in [0.29, 0.717) is 6.04 Å². The molecule has 1 aliphatic rings. The van der Waals surface area contributed by atoms with Crippen molar-refractivity contribution in [2.45, 2.75) is 57.7 Å². The lowest BCUT2D eigenvalue weighted by molar-refractivity contribution is 0.108. The molecule has 1 heterocycles. The summed E-state index contributed by atoms with van der Waals surface area (Å²) in [7, 11) is 0. The highest BCUT2D eigenvalue weighted by atomic mass is 79.9. The first-order chi connectivity index (χ1) is 9.54. The molecule has 0 spiro atoms. The average molecular weight is 344 g/mol. The van der Waals surface area contributed by atoms with Crippen molar-refractivity contribution in [2.75, 3.05) is 6.54 Å². The van der Waals surface area contributed by atoms with Gasteiger partial charge in [0.25, 0.3) is 0 Å². The number of likely N-dealkylation sites (tertiary alicyclic amines) is 1. The van der Waals surface area contributed by atoms with E-state index in [2.05, 4.69) is 20.8 Å². The third-order valence-corrected chi connectivity index (χ3v) is 4.38. The lowest BCUT2D eigenvalue weighted by atomic mass is 10.0. The fourth-order valence-corrected chi connectivity index (χ4v) is 3.56. The zero-order valence-electron chi connectivity index (χ0n) is 12.0. The van der Waals surface area contributed by atoms with Crippen LogP contribution in [-0.4, -0.2) is 28.7 Å². The minimum Gasteiger partial charge on any atom is -0.393 e. The Morgan fingerprint density at radius 2 is 2.15 bits per heavy atom. The Labute approximate surface area is 129 Å². The lowest BCUT2D eigenvalue weighted by Crippen LogP contribution is -2.36. The number of aliphatic hydroxyl groups is 1. The molecule has 0 saturated carbocycles. The van der Waals surface area contributed by atoms with Crippen molar-refractivity contribution in [1.82, 2.24) is 4.90 Å². The van der Waals surface area contributed by atoms with E-state index in [4.69, 9.17) is 0 Å². The lowest BCUT2D eigenvalue weighted by Gasteiger charge is -2.31. The summed E-state index contributed by atoms with van der Waals surface area (Å²) in [5.41, 5.74) is 0.995. The van der Waals surface area contributed by atoms with E-state index in [0.717, 1.165) is 36.0 Å². The second-order valence-electron chi connectivity index (χ2n) is 5.84. The highest BCUT2D eigenvalue weighted by Crippen LogP contribution is 2.24. The number of halogens is 2. The Morgan fingerprint density at radius 1 is 1.35 bits per heavy atom. The smallest absolute Gasteiger partial charge is 0.124 e. The Hall–Kier alpha value is -0.450. The van der Waals surface area contributed by atoms with Crippen LogP contribution >= 0.6 is 15.9 Å². The van der Waals surface area contributed by atoms with Gasteiger partial charge in [-0.2, -0.15) is 0 Å². The Balaban J connectivity index is 2.09. The van der Waals surface area contributed by atoms with Crippen LogP contribution in [0.5, 0.6) is 0 Å². The van der Waals surface area contributed by atoms with E-state index in [1.807, 2.05) is 13.0 Å². The van der Waals surface area contributed by atoms with Gasteiger partial charge in [-0.05, 0) is 56.5 Å². The van der Waals surface area contributed by atoms with Gasteiger partial charge in [0, 0.05) is 17.1 Å². The molecule has 1 aromatic carbocycles. The number of nitrogens with zero attached hydrogens (tertiary/aromatic N) is 1. The molecule has 2 nitrogen and oxygen atoms in total. The summed E-state index contributed by atoms with van der Waals surface area (Å²) in [5.74, 6) is -0.198. The van der Waals surface area contributed by atoms with Crippen molar-refractivity contribution >= 4 is 15.9 Å². The van der Waals surface area contributed by atoms with E-state index in [-0.39, 0.29) is 11.9 Å². The zero-order valence-corrected chi connectivity index (χ0v) is 13.6. The van der Waals surface area contributed by atoms with Gasteiger partial charge in [-0.25, -0.2) is 4.39 Å². The number of rotatable bonds is 4. The normalized spacial score (nSPS) is 22.5. The number of benzene rings is 1. The number of hydrogen-bond donors (Lipinski definition) is 1. The molecule has 112 valence electrons. The minimum absolute atomic E-state index is 0.198. The van der Waals surface area contributed by atoms with Gasteiger partial charge in [-0.1, -0.05) is 28.8 Å². The van der Waals surface area contributed by atoms with Crippen LogP contribution in [0.2, 0.25) is 0 Å². The third kappa shape index (κ3) is 4.83. The van der Waals surface area contributed by atoms with E-state index in [1.165, 1.54) is 25.3 Å². The van der Waals surface area contributed by atoms with Crippen molar-refractivity contribution in [2.24, 2.45) is 0 Å². The van der Waals surface area contributed by atoms with Gasteiger partial charge < -0.3 is 5.11 Å². The maximum Gasteiger partial charge on any atom is 0.124 e. The molecule has 0 aromatic heterocycles. The Kier molecular flexibility index (Phi) is 6.00. The largest absolute Gasteiger partial charge is 0.393 e. The fraction of sp³-hybridized carbons (Fsp3) is 0.625.